The van der Waals surface area contributed by atoms with Gasteiger partial charge in [0.1, 0.15) is 0 Å². The van der Waals surface area contributed by atoms with Crippen LogP contribution in [0, 0.1) is 5.95 Å². The molecule has 9 heavy (non-hydrogen) atoms. The van der Waals surface area contributed by atoms with E-state index in [1.54, 1.807) is 0 Å². The van der Waals surface area contributed by atoms with Crippen molar-refractivity contribution in [2.24, 2.45) is 0 Å². The van der Waals surface area contributed by atoms with Gasteiger partial charge in [0, 0.05) is 11.8 Å². The normalized spacial score (nSPS) is 9.00. The maximum absolute atomic E-state index is 12.1. The van der Waals surface area contributed by atoms with Crippen molar-refractivity contribution in [3.63, 3.8) is 0 Å². The van der Waals surface area contributed by atoms with Crippen LogP contribution in [0.5, 0.6) is 0 Å². The Labute approximate surface area is 57.5 Å². The number of hydrogen-bond donors (Lipinski definition) is 0. The average molecular weight is 140 g/mol. The highest BCUT2D eigenvalue weighted by molar-refractivity contribution is 7.79. The van der Waals surface area contributed by atoms with Crippen molar-refractivity contribution in [1.29, 1.82) is 0 Å². The first-order valence-corrected chi connectivity index (χ1v) is 2.73. The maximum atomic E-state index is 12.1. The molecule has 1 radical (unpaired) electrons. The molecular weight excluding hydrogens is 137 g/mol. The number of aromatic nitrogens is 1. The average Bonchev–Trinajstić information content (AvgIpc) is 1.90. The van der Waals surface area contributed by atoms with E-state index >= 15 is 0 Å². The monoisotopic (exact) mass is 140 g/mol. The van der Waals surface area contributed by atoms with E-state index in [1.807, 2.05) is 0 Å². The quantitative estimate of drug-likeness (QED) is 0.432. The third-order valence-electron chi connectivity index (χ3n) is 0.845. The van der Waals surface area contributed by atoms with Crippen LogP contribution in [0.1, 0.15) is 5.56 Å². The third kappa shape index (κ3) is 1.54. The zero-order chi connectivity index (χ0) is 6.69. The molecule has 45 valence electrons. The van der Waals surface area contributed by atoms with E-state index in [9.17, 15) is 4.39 Å². The van der Waals surface area contributed by atoms with Gasteiger partial charge in [0.25, 0.3) is 0 Å². The van der Waals surface area contributed by atoms with E-state index < -0.39 is 5.95 Å². The van der Waals surface area contributed by atoms with Crippen molar-refractivity contribution in [3.05, 3.63) is 29.8 Å². The first kappa shape index (κ1) is 6.29. The molecule has 0 unspecified atom stereocenters. The van der Waals surface area contributed by atoms with E-state index in [2.05, 4.69) is 22.6 Å². The van der Waals surface area contributed by atoms with Crippen LogP contribution >= 0.6 is 12.2 Å². The number of rotatable bonds is 1. The molecule has 0 spiro atoms. The van der Waals surface area contributed by atoms with Gasteiger partial charge in [-0.3, -0.25) is 0 Å². The molecule has 0 N–H and O–H groups in total. The SMILES string of the molecule is Fc1ccc([C]=S)cn1. The van der Waals surface area contributed by atoms with Crippen LogP contribution in [0.2, 0.25) is 0 Å². The Balaban J connectivity index is 3.01. The Hall–Kier alpha value is -0.830. The van der Waals surface area contributed by atoms with E-state index in [0.29, 0.717) is 5.56 Å². The minimum absolute atomic E-state index is 0.496. The highest BCUT2D eigenvalue weighted by atomic mass is 32.1. The van der Waals surface area contributed by atoms with Gasteiger partial charge >= 0.3 is 0 Å². The first-order chi connectivity index (χ1) is 4.33. The minimum atomic E-state index is -0.496. The van der Waals surface area contributed by atoms with Gasteiger partial charge in [0.15, 0.2) is 0 Å². The van der Waals surface area contributed by atoms with E-state index in [1.165, 1.54) is 18.3 Å². The molecule has 1 heterocycles. The number of hydrogen-bond acceptors (Lipinski definition) is 2. The summed E-state index contributed by atoms with van der Waals surface area (Å²) in [5, 5.41) is 2.41. The Morgan fingerprint density at radius 1 is 1.56 bits per heavy atom. The van der Waals surface area contributed by atoms with Gasteiger partial charge in [-0.15, -0.1) is 0 Å². The molecule has 0 saturated carbocycles. The second-order valence-corrected chi connectivity index (χ2v) is 1.68. The molecule has 0 bridgehead atoms. The summed E-state index contributed by atoms with van der Waals surface area (Å²) in [6, 6.07) is 2.77. The molecule has 0 atom stereocenters. The summed E-state index contributed by atoms with van der Waals surface area (Å²) >= 11 is 4.45. The predicted octanol–water partition coefficient (Wildman–Crippen LogP) is 1.45. The summed E-state index contributed by atoms with van der Waals surface area (Å²) in [7, 11) is 0. The fourth-order valence-electron chi connectivity index (χ4n) is 0.436. The molecule has 1 aromatic heterocycles. The van der Waals surface area contributed by atoms with Crippen LogP contribution < -0.4 is 0 Å². The van der Waals surface area contributed by atoms with Crippen molar-refractivity contribution < 1.29 is 4.39 Å². The van der Waals surface area contributed by atoms with Gasteiger partial charge in [-0.25, -0.2) is 4.98 Å². The van der Waals surface area contributed by atoms with Crippen LogP contribution in [-0.2, 0) is 0 Å². The van der Waals surface area contributed by atoms with Crippen molar-refractivity contribution in [2.45, 2.75) is 0 Å². The van der Waals surface area contributed by atoms with Crippen LogP contribution in [0.4, 0.5) is 4.39 Å². The zero-order valence-electron chi connectivity index (χ0n) is 4.47. The van der Waals surface area contributed by atoms with Gasteiger partial charge in [0.05, 0.1) is 5.37 Å². The maximum Gasteiger partial charge on any atom is 0.212 e. The minimum Gasteiger partial charge on any atom is -0.228 e. The second kappa shape index (κ2) is 2.64. The lowest BCUT2D eigenvalue weighted by Crippen LogP contribution is -1.83. The summed E-state index contributed by atoms with van der Waals surface area (Å²) < 4.78 is 12.1. The van der Waals surface area contributed by atoms with Crippen molar-refractivity contribution in [1.82, 2.24) is 4.98 Å². The molecule has 0 saturated heterocycles. The summed E-state index contributed by atoms with van der Waals surface area (Å²) in [6.45, 7) is 0. The molecular formula is C6H3FNS. The van der Waals surface area contributed by atoms with Crippen molar-refractivity contribution >= 4 is 17.6 Å². The van der Waals surface area contributed by atoms with E-state index in [0.717, 1.165) is 0 Å². The van der Waals surface area contributed by atoms with Gasteiger partial charge in [-0.05, 0) is 12.1 Å². The highest BCUT2D eigenvalue weighted by Crippen LogP contribution is 1.94. The Bertz CT molecular complexity index is 207. The first-order valence-electron chi connectivity index (χ1n) is 2.32. The third-order valence-corrected chi connectivity index (χ3v) is 1.08. The molecule has 0 aliphatic rings. The van der Waals surface area contributed by atoms with Gasteiger partial charge in [0.2, 0.25) is 5.95 Å². The molecule has 0 fully saturated rings. The number of thiocarbonyl (C=S) groups is 1. The molecule has 0 aromatic carbocycles. The summed E-state index contributed by atoms with van der Waals surface area (Å²) in [5.41, 5.74) is 0.631. The van der Waals surface area contributed by atoms with Crippen molar-refractivity contribution in [3.8, 4) is 0 Å². The smallest absolute Gasteiger partial charge is 0.212 e. The lowest BCUT2D eigenvalue weighted by Gasteiger charge is -1.86. The van der Waals surface area contributed by atoms with Gasteiger partial charge in [-0.1, -0.05) is 12.2 Å². The van der Waals surface area contributed by atoms with Crippen LogP contribution in [0.15, 0.2) is 18.3 Å². The molecule has 1 rings (SSSR count). The highest BCUT2D eigenvalue weighted by Gasteiger charge is 1.88. The summed E-state index contributed by atoms with van der Waals surface area (Å²) in [5.74, 6) is -0.496. The molecule has 3 heteroatoms. The van der Waals surface area contributed by atoms with Crippen molar-refractivity contribution in [2.75, 3.05) is 0 Å². The summed E-state index contributed by atoms with van der Waals surface area (Å²) in [6.07, 6.45) is 1.34. The second-order valence-electron chi connectivity index (χ2n) is 1.47. The van der Waals surface area contributed by atoms with Gasteiger partial charge in [-0.2, -0.15) is 4.39 Å². The topological polar surface area (TPSA) is 12.9 Å². The molecule has 0 amide bonds. The van der Waals surface area contributed by atoms with Gasteiger partial charge < -0.3 is 0 Å². The largest absolute Gasteiger partial charge is 0.228 e. The Morgan fingerprint density at radius 2 is 2.33 bits per heavy atom. The molecule has 1 nitrogen and oxygen atoms in total. The number of pyridine rings is 1. The Morgan fingerprint density at radius 3 is 2.78 bits per heavy atom. The molecule has 0 aliphatic carbocycles. The number of nitrogens with zero attached hydrogens (tertiary/aromatic N) is 1. The van der Waals surface area contributed by atoms with E-state index in [-0.39, 0.29) is 0 Å². The van der Waals surface area contributed by atoms with Crippen LogP contribution in [-0.4, -0.2) is 10.4 Å². The number of halogens is 1. The lowest BCUT2D eigenvalue weighted by atomic mass is 10.3. The predicted molar refractivity (Wildman–Crippen MR) is 35.9 cm³/mol. The van der Waals surface area contributed by atoms with E-state index in [4.69, 9.17) is 0 Å². The summed E-state index contributed by atoms with van der Waals surface area (Å²) in [4.78, 5) is 3.35. The standard InChI is InChI=1S/C6H3FNS/c7-6-2-1-5(4-9)3-8-6/h1-3H. The molecule has 0 aliphatic heterocycles. The fraction of sp³-hybridized carbons (Fsp3) is 0. The fourth-order valence-corrected chi connectivity index (χ4v) is 0.557. The van der Waals surface area contributed by atoms with Crippen LogP contribution in [0.3, 0.4) is 0 Å². The lowest BCUT2D eigenvalue weighted by molar-refractivity contribution is 0.583. The van der Waals surface area contributed by atoms with Crippen LogP contribution in [0.25, 0.3) is 0 Å². The Kier molecular flexibility index (Phi) is 1.85. The molecule has 1 aromatic rings. The zero-order valence-corrected chi connectivity index (χ0v) is 5.28.